The Morgan fingerprint density at radius 3 is 2.55 bits per heavy atom. The molecule has 0 radical (unpaired) electrons. The molecule has 0 heterocycles. The van der Waals surface area contributed by atoms with Gasteiger partial charge in [0.25, 0.3) is 0 Å². The summed E-state index contributed by atoms with van der Waals surface area (Å²) in [6, 6.07) is 12.3. The minimum absolute atomic E-state index is 0.349. The second-order valence-electron chi connectivity index (χ2n) is 4.83. The van der Waals surface area contributed by atoms with Gasteiger partial charge < -0.3 is 10.0 Å². The summed E-state index contributed by atoms with van der Waals surface area (Å²) >= 11 is 6.11. The number of hydrogen-bond donors (Lipinski definition) is 1. The lowest BCUT2D eigenvalue weighted by Gasteiger charge is -2.21. The number of benzene rings is 2. The highest BCUT2D eigenvalue weighted by Crippen LogP contribution is 2.25. The van der Waals surface area contributed by atoms with E-state index in [4.69, 9.17) is 11.6 Å². The molecule has 4 heteroatoms. The maximum atomic E-state index is 14.1. The van der Waals surface area contributed by atoms with Gasteiger partial charge in [-0.05, 0) is 36.2 Å². The summed E-state index contributed by atoms with van der Waals surface area (Å²) in [5, 5.41) is 10.1. The van der Waals surface area contributed by atoms with Crippen molar-refractivity contribution in [3.63, 3.8) is 0 Å². The van der Waals surface area contributed by atoms with Gasteiger partial charge in [0.15, 0.2) is 0 Å². The van der Waals surface area contributed by atoms with Crippen molar-refractivity contribution in [3.8, 4) is 0 Å². The lowest BCUT2D eigenvalue weighted by Crippen LogP contribution is -2.18. The Bertz CT molecular complexity index is 601. The molecule has 0 amide bonds. The lowest BCUT2D eigenvalue weighted by atomic mass is 10.1. The number of halogens is 2. The first kappa shape index (κ1) is 14.8. The van der Waals surface area contributed by atoms with Crippen LogP contribution in [0.15, 0.2) is 42.5 Å². The van der Waals surface area contributed by atoms with E-state index in [0.29, 0.717) is 22.8 Å². The third-order valence-electron chi connectivity index (χ3n) is 3.23. The monoisotopic (exact) mass is 293 g/mol. The topological polar surface area (TPSA) is 23.5 Å². The predicted molar refractivity (Wildman–Crippen MR) is 80.6 cm³/mol. The van der Waals surface area contributed by atoms with Gasteiger partial charge in [0.05, 0.1) is 11.8 Å². The van der Waals surface area contributed by atoms with Crippen LogP contribution in [0.3, 0.4) is 0 Å². The van der Waals surface area contributed by atoms with Crippen LogP contribution in [-0.4, -0.2) is 12.2 Å². The fraction of sp³-hybridized carbons (Fsp3) is 0.250. The molecule has 0 bridgehead atoms. The van der Waals surface area contributed by atoms with Crippen LogP contribution in [0.4, 0.5) is 10.1 Å². The van der Waals surface area contributed by atoms with E-state index in [-0.39, 0.29) is 5.82 Å². The van der Waals surface area contributed by atoms with Crippen molar-refractivity contribution in [2.75, 3.05) is 11.9 Å². The minimum atomic E-state index is -0.674. The van der Waals surface area contributed by atoms with E-state index in [2.05, 4.69) is 0 Å². The molecule has 0 aliphatic carbocycles. The summed E-state index contributed by atoms with van der Waals surface area (Å²) in [6.07, 6.45) is -0.674. The summed E-state index contributed by atoms with van der Waals surface area (Å²) in [5.74, 6) is -0.349. The van der Waals surface area contributed by atoms with E-state index in [1.165, 1.54) is 6.07 Å². The van der Waals surface area contributed by atoms with E-state index < -0.39 is 6.10 Å². The van der Waals surface area contributed by atoms with Crippen LogP contribution < -0.4 is 4.90 Å². The van der Waals surface area contributed by atoms with Crippen LogP contribution in [0.25, 0.3) is 0 Å². The number of aliphatic hydroxyl groups excluding tert-OH is 1. The Morgan fingerprint density at radius 1 is 1.25 bits per heavy atom. The molecular weight excluding hydrogens is 277 g/mol. The average Bonchev–Trinajstić information content (AvgIpc) is 2.41. The summed E-state index contributed by atoms with van der Waals surface area (Å²) in [7, 11) is 1.81. The van der Waals surface area contributed by atoms with Crippen LogP contribution in [-0.2, 0) is 6.54 Å². The third kappa shape index (κ3) is 3.30. The molecule has 0 saturated heterocycles. The Hall–Kier alpha value is -1.58. The third-order valence-corrected chi connectivity index (χ3v) is 3.60. The van der Waals surface area contributed by atoms with Gasteiger partial charge in [-0.25, -0.2) is 4.39 Å². The van der Waals surface area contributed by atoms with Crippen molar-refractivity contribution in [1.82, 2.24) is 0 Å². The van der Waals surface area contributed by atoms with Crippen molar-refractivity contribution >= 4 is 17.3 Å². The van der Waals surface area contributed by atoms with Crippen LogP contribution >= 0.6 is 11.6 Å². The molecule has 2 rings (SSSR count). The van der Waals surface area contributed by atoms with E-state index in [0.717, 1.165) is 5.56 Å². The smallest absolute Gasteiger partial charge is 0.146 e. The highest BCUT2D eigenvalue weighted by molar-refractivity contribution is 6.31. The first-order valence-corrected chi connectivity index (χ1v) is 6.79. The maximum absolute atomic E-state index is 14.1. The molecule has 2 aromatic carbocycles. The molecule has 0 aromatic heterocycles. The molecule has 1 N–H and O–H groups in total. The van der Waals surface area contributed by atoms with Crippen LogP contribution in [0.1, 0.15) is 24.2 Å². The molecule has 0 unspecified atom stereocenters. The summed E-state index contributed by atoms with van der Waals surface area (Å²) in [4.78, 5) is 1.79. The largest absolute Gasteiger partial charge is 0.389 e. The van der Waals surface area contributed by atoms with Gasteiger partial charge in [-0.15, -0.1) is 0 Å². The molecule has 0 spiro atoms. The maximum Gasteiger partial charge on any atom is 0.146 e. The van der Waals surface area contributed by atoms with Gasteiger partial charge in [-0.3, -0.25) is 0 Å². The molecule has 20 heavy (non-hydrogen) atoms. The first-order valence-electron chi connectivity index (χ1n) is 6.41. The van der Waals surface area contributed by atoms with Crippen molar-refractivity contribution in [2.45, 2.75) is 19.6 Å². The van der Waals surface area contributed by atoms with E-state index in [1.54, 1.807) is 24.0 Å². The molecule has 2 aromatic rings. The quantitative estimate of drug-likeness (QED) is 0.914. The molecular formula is C16H17ClFNO. The summed E-state index contributed by atoms with van der Waals surface area (Å²) < 4.78 is 14.1. The molecule has 1 atom stereocenters. The zero-order valence-electron chi connectivity index (χ0n) is 11.5. The lowest BCUT2D eigenvalue weighted by molar-refractivity contribution is 0.199. The second kappa shape index (κ2) is 6.25. The Kier molecular flexibility index (Phi) is 4.63. The normalized spacial score (nSPS) is 12.2. The summed E-state index contributed by atoms with van der Waals surface area (Å²) in [5.41, 5.74) is 1.99. The Balaban J connectivity index is 2.21. The van der Waals surface area contributed by atoms with Crippen molar-refractivity contribution in [1.29, 1.82) is 0 Å². The Morgan fingerprint density at radius 2 is 1.95 bits per heavy atom. The van der Waals surface area contributed by atoms with Gasteiger partial charge in [-0.2, -0.15) is 0 Å². The molecule has 2 nitrogen and oxygen atoms in total. The fourth-order valence-corrected chi connectivity index (χ4v) is 2.26. The Labute approximate surface area is 123 Å². The molecule has 106 valence electrons. The standard InChI is InChI=1S/C16H17ClFNO/c1-11(20)12-7-8-16(15(18)9-12)19(2)10-13-5-3-4-6-14(13)17/h3-9,11,20H,10H2,1-2H3/t11-/m1/s1. The highest BCUT2D eigenvalue weighted by atomic mass is 35.5. The van der Waals surface area contributed by atoms with Gasteiger partial charge in [0.2, 0.25) is 0 Å². The number of aliphatic hydroxyl groups is 1. The zero-order chi connectivity index (χ0) is 14.7. The van der Waals surface area contributed by atoms with Crippen molar-refractivity contribution < 1.29 is 9.50 Å². The number of anilines is 1. The van der Waals surface area contributed by atoms with E-state index in [9.17, 15) is 9.50 Å². The van der Waals surface area contributed by atoms with Crippen LogP contribution in [0.5, 0.6) is 0 Å². The van der Waals surface area contributed by atoms with Gasteiger partial charge in [0.1, 0.15) is 5.82 Å². The number of rotatable bonds is 4. The predicted octanol–water partition coefficient (Wildman–Crippen LogP) is 4.17. The van der Waals surface area contributed by atoms with Gasteiger partial charge in [-0.1, -0.05) is 35.9 Å². The number of nitrogens with zero attached hydrogens (tertiary/aromatic N) is 1. The molecule has 0 aliphatic heterocycles. The van der Waals surface area contributed by atoms with Crippen molar-refractivity contribution in [3.05, 3.63) is 64.4 Å². The highest BCUT2D eigenvalue weighted by Gasteiger charge is 2.12. The second-order valence-corrected chi connectivity index (χ2v) is 5.24. The SMILES string of the molecule is C[C@@H](O)c1ccc(N(C)Cc2ccccc2Cl)c(F)c1. The fourth-order valence-electron chi connectivity index (χ4n) is 2.06. The summed E-state index contributed by atoms with van der Waals surface area (Å²) in [6.45, 7) is 2.13. The minimum Gasteiger partial charge on any atom is -0.389 e. The van der Waals surface area contributed by atoms with E-state index >= 15 is 0 Å². The zero-order valence-corrected chi connectivity index (χ0v) is 12.2. The molecule has 0 saturated carbocycles. The average molecular weight is 294 g/mol. The van der Waals surface area contributed by atoms with Crippen LogP contribution in [0.2, 0.25) is 5.02 Å². The molecule has 0 fully saturated rings. The van der Waals surface area contributed by atoms with Crippen molar-refractivity contribution in [2.24, 2.45) is 0 Å². The number of hydrogen-bond acceptors (Lipinski definition) is 2. The van der Waals surface area contributed by atoms with Gasteiger partial charge >= 0.3 is 0 Å². The molecule has 0 aliphatic rings. The van der Waals surface area contributed by atoms with E-state index in [1.807, 2.05) is 31.3 Å². The first-order chi connectivity index (χ1) is 9.49. The van der Waals surface area contributed by atoms with Gasteiger partial charge in [0, 0.05) is 18.6 Å². The van der Waals surface area contributed by atoms with Crippen LogP contribution in [0, 0.1) is 5.82 Å².